The van der Waals surface area contributed by atoms with Gasteiger partial charge in [-0.1, -0.05) is 24.9 Å². The highest BCUT2D eigenvalue weighted by molar-refractivity contribution is 7.78. The molecule has 5 nitrogen and oxygen atoms in total. The molecule has 0 atom stereocenters. The van der Waals surface area contributed by atoms with Gasteiger partial charge in [0, 0.05) is 42.2 Å². The summed E-state index contributed by atoms with van der Waals surface area (Å²) in [6, 6.07) is 6.13. The molecule has 0 spiro atoms. The van der Waals surface area contributed by atoms with Crippen molar-refractivity contribution in [1.82, 2.24) is 19.3 Å². The van der Waals surface area contributed by atoms with E-state index in [0.29, 0.717) is 5.88 Å². The second-order valence-corrected chi connectivity index (χ2v) is 6.20. The highest BCUT2D eigenvalue weighted by atomic mass is 32.1. The third-order valence-electron chi connectivity index (χ3n) is 4.33. The third kappa shape index (κ3) is 2.29. The van der Waals surface area contributed by atoms with E-state index in [4.69, 9.17) is 9.72 Å². The number of rotatable bonds is 2. The molecular formula is C17H18N4OS. The summed E-state index contributed by atoms with van der Waals surface area (Å²) in [5, 5.41) is 4.48. The Morgan fingerprint density at radius 3 is 3.00 bits per heavy atom. The molecule has 1 aliphatic rings. The number of hydrogen-bond donors (Lipinski definition) is 2. The molecule has 1 N–H and O–H groups in total. The van der Waals surface area contributed by atoms with Crippen molar-refractivity contribution >= 4 is 23.7 Å². The van der Waals surface area contributed by atoms with Crippen LogP contribution in [0, 0.1) is 6.92 Å². The summed E-state index contributed by atoms with van der Waals surface area (Å²) in [5.74, 6) is 1.38. The van der Waals surface area contributed by atoms with Crippen molar-refractivity contribution in [3.05, 3.63) is 41.2 Å². The Hall–Kier alpha value is -2.05. The van der Waals surface area contributed by atoms with E-state index in [1.165, 1.54) is 0 Å². The first-order valence-electron chi connectivity index (χ1n) is 7.64. The fraction of sp³-hybridized carbons (Fsp3) is 0.294. The van der Waals surface area contributed by atoms with E-state index < -0.39 is 0 Å². The van der Waals surface area contributed by atoms with Gasteiger partial charge in [-0.3, -0.25) is 3.97 Å². The van der Waals surface area contributed by atoms with Crippen LogP contribution in [-0.2, 0) is 13.0 Å². The number of nitrogens with one attached hydrogen (secondary N) is 1. The molecule has 0 aliphatic carbocycles. The quantitative estimate of drug-likeness (QED) is 0.711. The summed E-state index contributed by atoms with van der Waals surface area (Å²) < 4.78 is 7.35. The Morgan fingerprint density at radius 2 is 2.17 bits per heavy atom. The van der Waals surface area contributed by atoms with Crippen LogP contribution in [0.4, 0.5) is 0 Å². The van der Waals surface area contributed by atoms with Crippen molar-refractivity contribution < 1.29 is 4.74 Å². The van der Waals surface area contributed by atoms with Crippen LogP contribution in [0.3, 0.4) is 0 Å². The van der Waals surface area contributed by atoms with Gasteiger partial charge >= 0.3 is 0 Å². The average Bonchev–Trinajstić information content (AvgIpc) is 2.88. The van der Waals surface area contributed by atoms with Gasteiger partial charge in [-0.2, -0.15) is 4.98 Å². The number of benzene rings is 1. The zero-order chi connectivity index (χ0) is 16.0. The Morgan fingerprint density at radius 1 is 1.30 bits per heavy atom. The molecule has 0 fully saturated rings. The minimum atomic E-state index is 0.664. The Kier molecular flexibility index (Phi) is 3.50. The van der Waals surface area contributed by atoms with Crippen LogP contribution in [0.5, 0.6) is 5.88 Å². The van der Waals surface area contributed by atoms with E-state index in [2.05, 4.69) is 42.2 Å². The van der Waals surface area contributed by atoms with E-state index in [1.54, 1.807) is 7.11 Å². The van der Waals surface area contributed by atoms with Crippen molar-refractivity contribution in [2.45, 2.75) is 19.9 Å². The standard InChI is InChI=1S/C17H18N4OS/c1-10-9-21(23)14-5-3-4-11(15(10)14)16-19-13-6-7-18-8-12(13)17(20-16)22-2/h3-5,9,18,23H,6-8H2,1-2H3. The molecule has 0 radical (unpaired) electrons. The zero-order valence-electron chi connectivity index (χ0n) is 13.1. The van der Waals surface area contributed by atoms with Crippen molar-refractivity contribution in [2.75, 3.05) is 13.7 Å². The normalized spacial score (nSPS) is 14.0. The van der Waals surface area contributed by atoms with Crippen LogP contribution in [0.2, 0.25) is 0 Å². The number of methoxy groups -OCH3 is 1. The molecule has 3 heterocycles. The first kappa shape index (κ1) is 14.5. The molecular weight excluding hydrogens is 308 g/mol. The average molecular weight is 326 g/mol. The molecule has 0 saturated heterocycles. The van der Waals surface area contributed by atoms with E-state index in [0.717, 1.165) is 58.6 Å². The first-order chi connectivity index (χ1) is 11.2. The summed E-state index contributed by atoms with van der Waals surface area (Å²) in [6.07, 6.45) is 2.90. The molecule has 1 aromatic carbocycles. The predicted molar refractivity (Wildman–Crippen MR) is 94.0 cm³/mol. The monoisotopic (exact) mass is 326 g/mol. The minimum absolute atomic E-state index is 0.664. The summed E-state index contributed by atoms with van der Waals surface area (Å²) in [4.78, 5) is 9.50. The highest BCUT2D eigenvalue weighted by Crippen LogP contribution is 2.33. The number of aromatic nitrogens is 3. The van der Waals surface area contributed by atoms with Gasteiger partial charge in [0.1, 0.15) is 0 Å². The predicted octanol–water partition coefficient (Wildman–Crippen LogP) is 2.75. The van der Waals surface area contributed by atoms with Crippen LogP contribution in [0.15, 0.2) is 24.4 Å². The maximum absolute atomic E-state index is 5.51. The smallest absolute Gasteiger partial charge is 0.221 e. The second-order valence-electron chi connectivity index (χ2n) is 5.76. The van der Waals surface area contributed by atoms with Gasteiger partial charge in [0.2, 0.25) is 5.88 Å². The number of thiol groups is 1. The largest absolute Gasteiger partial charge is 0.481 e. The van der Waals surface area contributed by atoms with Gasteiger partial charge in [0.25, 0.3) is 0 Å². The molecule has 23 heavy (non-hydrogen) atoms. The van der Waals surface area contributed by atoms with Crippen LogP contribution in [-0.4, -0.2) is 27.6 Å². The van der Waals surface area contributed by atoms with Crippen LogP contribution < -0.4 is 10.1 Å². The minimum Gasteiger partial charge on any atom is -0.481 e. The molecule has 2 aromatic heterocycles. The molecule has 3 aromatic rings. The Bertz CT molecular complexity index is 886. The maximum Gasteiger partial charge on any atom is 0.221 e. The zero-order valence-corrected chi connectivity index (χ0v) is 14.0. The van der Waals surface area contributed by atoms with Crippen molar-refractivity contribution in [3.63, 3.8) is 0 Å². The number of nitrogens with zero attached hydrogens (tertiary/aromatic N) is 3. The fourth-order valence-electron chi connectivity index (χ4n) is 3.25. The fourth-order valence-corrected chi connectivity index (χ4v) is 3.59. The summed E-state index contributed by atoms with van der Waals surface area (Å²) >= 11 is 4.49. The third-order valence-corrected chi connectivity index (χ3v) is 4.66. The van der Waals surface area contributed by atoms with Crippen molar-refractivity contribution in [3.8, 4) is 17.3 Å². The molecule has 6 heteroatoms. The van der Waals surface area contributed by atoms with Gasteiger partial charge < -0.3 is 10.1 Å². The van der Waals surface area contributed by atoms with Gasteiger partial charge in [-0.15, -0.1) is 0 Å². The lowest BCUT2D eigenvalue weighted by atomic mass is 10.0. The van der Waals surface area contributed by atoms with Crippen LogP contribution in [0.25, 0.3) is 22.3 Å². The second kappa shape index (κ2) is 5.54. The summed E-state index contributed by atoms with van der Waals surface area (Å²) in [7, 11) is 1.66. The van der Waals surface area contributed by atoms with Crippen molar-refractivity contribution in [2.24, 2.45) is 0 Å². The van der Waals surface area contributed by atoms with Gasteiger partial charge in [-0.05, 0) is 18.6 Å². The molecule has 118 valence electrons. The SMILES string of the molecule is COc1nc(-c2cccc3c2c(C)cn3S)nc2c1CNCC2. The topological polar surface area (TPSA) is 52.0 Å². The highest BCUT2D eigenvalue weighted by Gasteiger charge is 2.20. The molecule has 4 rings (SSSR count). The molecule has 0 unspecified atom stereocenters. The molecule has 1 aliphatic heterocycles. The maximum atomic E-state index is 5.51. The Balaban J connectivity index is 1.98. The van der Waals surface area contributed by atoms with E-state index >= 15 is 0 Å². The number of aryl methyl sites for hydroxylation is 1. The van der Waals surface area contributed by atoms with Gasteiger partial charge in [-0.25, -0.2) is 4.98 Å². The lowest BCUT2D eigenvalue weighted by Gasteiger charge is -2.19. The Labute approximate surface area is 140 Å². The molecule has 0 saturated carbocycles. The van der Waals surface area contributed by atoms with Gasteiger partial charge in [0.15, 0.2) is 5.82 Å². The van der Waals surface area contributed by atoms with Crippen LogP contribution in [0.1, 0.15) is 16.8 Å². The number of fused-ring (bicyclic) bond motifs is 2. The summed E-state index contributed by atoms with van der Waals surface area (Å²) in [5.41, 5.74) is 5.38. The van der Waals surface area contributed by atoms with E-state index in [-0.39, 0.29) is 0 Å². The number of ether oxygens (including phenoxy) is 1. The van der Waals surface area contributed by atoms with Crippen molar-refractivity contribution in [1.29, 1.82) is 0 Å². The molecule has 0 amide bonds. The summed E-state index contributed by atoms with van der Waals surface area (Å²) in [6.45, 7) is 3.77. The van der Waals surface area contributed by atoms with Crippen LogP contribution >= 0.6 is 12.8 Å². The van der Waals surface area contributed by atoms with Gasteiger partial charge in [0.05, 0.1) is 18.3 Å². The van der Waals surface area contributed by atoms with E-state index in [1.807, 2.05) is 16.2 Å². The molecule has 0 bridgehead atoms. The van der Waals surface area contributed by atoms with E-state index in [9.17, 15) is 0 Å². The first-order valence-corrected chi connectivity index (χ1v) is 8.04. The lowest BCUT2D eigenvalue weighted by Crippen LogP contribution is -2.25. The lowest BCUT2D eigenvalue weighted by molar-refractivity contribution is 0.386. The number of hydrogen-bond acceptors (Lipinski definition) is 5.